The van der Waals surface area contributed by atoms with Crippen LogP contribution in [0.25, 0.3) is 0 Å². The van der Waals surface area contributed by atoms with Gasteiger partial charge in [0.1, 0.15) is 5.60 Å². The van der Waals surface area contributed by atoms with E-state index in [1.807, 2.05) is 39.0 Å². The van der Waals surface area contributed by atoms with Gasteiger partial charge in [-0.3, -0.25) is 0 Å². The van der Waals surface area contributed by atoms with Crippen LogP contribution in [0.4, 0.5) is 4.79 Å². The van der Waals surface area contributed by atoms with E-state index < -0.39 is 11.7 Å². The van der Waals surface area contributed by atoms with Crippen LogP contribution in [0.5, 0.6) is 0 Å². The maximum Gasteiger partial charge on any atom is 0.410 e. The van der Waals surface area contributed by atoms with Gasteiger partial charge in [-0.25, -0.2) is 4.79 Å². The van der Waals surface area contributed by atoms with Crippen LogP contribution in [-0.4, -0.2) is 40.4 Å². The van der Waals surface area contributed by atoms with Crippen molar-refractivity contribution >= 4 is 6.09 Å². The van der Waals surface area contributed by atoms with Gasteiger partial charge in [-0.2, -0.15) is 0 Å². The number of amides is 1. The normalized spacial score (nSPS) is 19.7. The maximum atomic E-state index is 12.3. The van der Waals surface area contributed by atoms with Crippen molar-refractivity contribution < 1.29 is 14.6 Å². The van der Waals surface area contributed by atoms with E-state index in [1.54, 1.807) is 4.90 Å². The Labute approximate surface area is 139 Å². The second kappa shape index (κ2) is 7.82. The Hall–Kier alpha value is -1.55. The van der Waals surface area contributed by atoms with Crippen LogP contribution in [0.15, 0.2) is 30.3 Å². The second-order valence-corrected chi connectivity index (χ2v) is 7.33. The van der Waals surface area contributed by atoms with Crippen molar-refractivity contribution in [3.05, 3.63) is 35.9 Å². The summed E-state index contributed by atoms with van der Waals surface area (Å²) in [7, 11) is 0. The molecule has 4 nitrogen and oxygen atoms in total. The Kier molecular flexibility index (Phi) is 6.05. The summed E-state index contributed by atoms with van der Waals surface area (Å²) in [6.45, 7) is 6.28. The van der Waals surface area contributed by atoms with Gasteiger partial charge in [-0.05, 0) is 58.4 Å². The number of carbonyl (C=O) groups excluding carboxylic acids is 1. The van der Waals surface area contributed by atoms with Crippen LogP contribution in [-0.2, 0) is 11.2 Å². The monoisotopic (exact) mass is 319 g/mol. The van der Waals surface area contributed by atoms with Crippen LogP contribution in [0.1, 0.15) is 52.0 Å². The molecule has 0 bridgehead atoms. The summed E-state index contributed by atoms with van der Waals surface area (Å²) in [5.74, 6) is 0. The molecule has 1 aromatic carbocycles. The second-order valence-electron chi connectivity index (χ2n) is 7.33. The van der Waals surface area contributed by atoms with Crippen molar-refractivity contribution in [3.8, 4) is 0 Å². The fourth-order valence-corrected chi connectivity index (χ4v) is 3.09. The standard InChI is InChI=1S/C19H29NO3/c1-19(2,3)23-18(22)20-14-8-12-16(20)17(21)13-7-11-15-9-5-4-6-10-15/h4-6,9-10,16-17,21H,7-8,11-14H2,1-3H3/t16-,17?/m0/s1. The average molecular weight is 319 g/mol. The van der Waals surface area contributed by atoms with Gasteiger partial charge in [-0.1, -0.05) is 30.3 Å². The predicted molar refractivity (Wildman–Crippen MR) is 91.3 cm³/mol. The summed E-state index contributed by atoms with van der Waals surface area (Å²) < 4.78 is 5.45. The topological polar surface area (TPSA) is 49.8 Å². The molecule has 1 amide bonds. The zero-order chi connectivity index (χ0) is 16.9. The fourth-order valence-electron chi connectivity index (χ4n) is 3.09. The number of hydrogen-bond acceptors (Lipinski definition) is 3. The average Bonchev–Trinajstić information content (AvgIpc) is 2.96. The maximum absolute atomic E-state index is 12.3. The van der Waals surface area contributed by atoms with Gasteiger partial charge in [0.15, 0.2) is 0 Å². The molecule has 4 heteroatoms. The molecular formula is C19H29NO3. The Morgan fingerprint density at radius 1 is 1.35 bits per heavy atom. The molecule has 1 heterocycles. The summed E-state index contributed by atoms with van der Waals surface area (Å²) in [5.41, 5.74) is 0.790. The summed E-state index contributed by atoms with van der Waals surface area (Å²) in [6, 6.07) is 10.2. The quantitative estimate of drug-likeness (QED) is 0.899. The molecule has 1 aliphatic rings. The molecule has 128 valence electrons. The molecule has 0 aromatic heterocycles. The van der Waals surface area contributed by atoms with E-state index >= 15 is 0 Å². The fraction of sp³-hybridized carbons (Fsp3) is 0.632. The lowest BCUT2D eigenvalue weighted by Crippen LogP contribution is -2.45. The van der Waals surface area contributed by atoms with Gasteiger partial charge in [0.25, 0.3) is 0 Å². The van der Waals surface area contributed by atoms with Crippen molar-refractivity contribution in [1.29, 1.82) is 0 Å². The zero-order valence-corrected chi connectivity index (χ0v) is 14.5. The number of nitrogens with zero attached hydrogens (tertiary/aromatic N) is 1. The van der Waals surface area contributed by atoms with Gasteiger partial charge in [0.2, 0.25) is 0 Å². The molecule has 0 spiro atoms. The zero-order valence-electron chi connectivity index (χ0n) is 14.5. The van der Waals surface area contributed by atoms with Crippen LogP contribution >= 0.6 is 0 Å². The minimum absolute atomic E-state index is 0.111. The number of ether oxygens (including phenoxy) is 1. The van der Waals surface area contributed by atoms with E-state index in [4.69, 9.17) is 4.74 Å². The number of aliphatic hydroxyl groups is 1. The van der Waals surface area contributed by atoms with Crippen molar-refractivity contribution in [2.75, 3.05) is 6.54 Å². The number of likely N-dealkylation sites (tertiary alicyclic amines) is 1. The number of carbonyl (C=O) groups is 1. The minimum Gasteiger partial charge on any atom is -0.444 e. The number of hydrogen-bond donors (Lipinski definition) is 1. The highest BCUT2D eigenvalue weighted by molar-refractivity contribution is 5.69. The highest BCUT2D eigenvalue weighted by Crippen LogP contribution is 2.25. The highest BCUT2D eigenvalue weighted by Gasteiger charge is 2.35. The third-order valence-electron chi connectivity index (χ3n) is 4.18. The lowest BCUT2D eigenvalue weighted by atomic mass is 10.0. The molecule has 1 saturated heterocycles. The van der Waals surface area contributed by atoms with E-state index in [-0.39, 0.29) is 12.1 Å². The smallest absolute Gasteiger partial charge is 0.410 e. The molecule has 0 radical (unpaired) electrons. The molecule has 2 rings (SSSR count). The molecule has 1 unspecified atom stereocenters. The number of benzene rings is 1. The molecule has 1 fully saturated rings. The molecule has 1 aliphatic heterocycles. The molecule has 2 atom stereocenters. The Morgan fingerprint density at radius 2 is 2.04 bits per heavy atom. The first-order valence-electron chi connectivity index (χ1n) is 8.58. The third-order valence-corrected chi connectivity index (χ3v) is 4.18. The van der Waals surface area contributed by atoms with Gasteiger partial charge >= 0.3 is 6.09 Å². The Bertz CT molecular complexity index is 495. The molecule has 23 heavy (non-hydrogen) atoms. The molecule has 1 aromatic rings. The number of rotatable bonds is 5. The van der Waals surface area contributed by atoms with Crippen LogP contribution in [0, 0.1) is 0 Å². The predicted octanol–water partition coefficient (Wildman–Crippen LogP) is 3.77. The van der Waals surface area contributed by atoms with Gasteiger partial charge in [0.05, 0.1) is 12.1 Å². The summed E-state index contributed by atoms with van der Waals surface area (Å²) in [5, 5.41) is 10.5. The molecule has 1 N–H and O–H groups in total. The van der Waals surface area contributed by atoms with Crippen molar-refractivity contribution in [2.24, 2.45) is 0 Å². The Balaban J connectivity index is 1.83. The Morgan fingerprint density at radius 3 is 2.70 bits per heavy atom. The highest BCUT2D eigenvalue weighted by atomic mass is 16.6. The first-order valence-corrected chi connectivity index (χ1v) is 8.58. The summed E-state index contributed by atoms with van der Waals surface area (Å²) in [4.78, 5) is 14.0. The van der Waals surface area contributed by atoms with Crippen LogP contribution in [0.3, 0.4) is 0 Å². The van der Waals surface area contributed by atoms with E-state index in [0.717, 1.165) is 25.7 Å². The van der Waals surface area contributed by atoms with E-state index in [0.29, 0.717) is 13.0 Å². The summed E-state index contributed by atoms with van der Waals surface area (Å²) >= 11 is 0. The first-order chi connectivity index (χ1) is 10.9. The SMILES string of the molecule is CC(C)(C)OC(=O)N1CCC[C@H]1C(O)CCCc1ccccc1. The summed E-state index contributed by atoms with van der Waals surface area (Å²) in [6.07, 6.45) is 3.58. The van der Waals surface area contributed by atoms with Crippen molar-refractivity contribution in [1.82, 2.24) is 4.90 Å². The van der Waals surface area contributed by atoms with E-state index in [2.05, 4.69) is 12.1 Å². The van der Waals surface area contributed by atoms with Gasteiger partial charge in [0, 0.05) is 6.54 Å². The van der Waals surface area contributed by atoms with Gasteiger partial charge < -0.3 is 14.7 Å². The van der Waals surface area contributed by atoms with Crippen LogP contribution < -0.4 is 0 Å². The van der Waals surface area contributed by atoms with Gasteiger partial charge in [-0.15, -0.1) is 0 Å². The van der Waals surface area contributed by atoms with Crippen LogP contribution in [0.2, 0.25) is 0 Å². The third kappa shape index (κ3) is 5.54. The number of aryl methyl sites for hydroxylation is 1. The van der Waals surface area contributed by atoms with E-state index in [1.165, 1.54) is 5.56 Å². The largest absolute Gasteiger partial charge is 0.444 e. The minimum atomic E-state index is -0.498. The first kappa shape index (κ1) is 17.8. The lowest BCUT2D eigenvalue weighted by Gasteiger charge is -2.31. The van der Waals surface area contributed by atoms with Crippen molar-refractivity contribution in [3.63, 3.8) is 0 Å². The van der Waals surface area contributed by atoms with E-state index in [9.17, 15) is 9.90 Å². The molecule has 0 saturated carbocycles. The number of aliphatic hydroxyl groups excluding tert-OH is 1. The molecule has 0 aliphatic carbocycles. The van der Waals surface area contributed by atoms with Crippen molar-refractivity contribution in [2.45, 2.75) is 70.6 Å². The lowest BCUT2D eigenvalue weighted by molar-refractivity contribution is 0.00365. The molecular weight excluding hydrogens is 290 g/mol.